The van der Waals surface area contributed by atoms with E-state index in [1.54, 1.807) is 25.2 Å². The van der Waals surface area contributed by atoms with E-state index < -0.39 is 16.9 Å². The number of aromatic nitrogens is 1. The van der Waals surface area contributed by atoms with Crippen LogP contribution in [0.15, 0.2) is 38.3 Å². The van der Waals surface area contributed by atoms with Gasteiger partial charge in [0.2, 0.25) is 0 Å². The molecule has 0 atom stereocenters. The molecule has 96 valence electrons. The van der Waals surface area contributed by atoms with E-state index >= 15 is 0 Å². The predicted molar refractivity (Wildman–Crippen MR) is 71.9 cm³/mol. The van der Waals surface area contributed by atoms with Crippen molar-refractivity contribution in [2.75, 3.05) is 0 Å². The summed E-state index contributed by atoms with van der Waals surface area (Å²) in [5.41, 5.74) is -0.549. The quantitative estimate of drug-likeness (QED) is 0.638. The van der Waals surface area contributed by atoms with Crippen molar-refractivity contribution in [1.29, 1.82) is 0 Å². The Kier molecular flexibility index (Phi) is 2.40. The third-order valence-electron chi connectivity index (χ3n) is 3.02. The maximum absolute atomic E-state index is 12.2. The summed E-state index contributed by atoms with van der Waals surface area (Å²) in [6.07, 6.45) is 0. The number of fused-ring (bicyclic) bond motifs is 3. The van der Waals surface area contributed by atoms with Crippen molar-refractivity contribution in [3.63, 3.8) is 0 Å². The molecule has 19 heavy (non-hydrogen) atoms. The summed E-state index contributed by atoms with van der Waals surface area (Å²) >= 11 is 5.92. The zero-order valence-corrected chi connectivity index (χ0v) is 10.6. The van der Waals surface area contributed by atoms with E-state index in [9.17, 15) is 14.7 Å². The molecule has 1 N–H and O–H groups in total. The van der Waals surface area contributed by atoms with Crippen LogP contribution in [0.5, 0.6) is 5.75 Å². The van der Waals surface area contributed by atoms with Gasteiger partial charge in [-0.2, -0.15) is 0 Å². The first-order valence-corrected chi connectivity index (χ1v) is 5.82. The number of halogens is 1. The largest absolute Gasteiger partial charge is 0.507 e. The maximum atomic E-state index is 12.2. The van der Waals surface area contributed by atoms with Gasteiger partial charge in [0, 0.05) is 17.5 Å². The van der Waals surface area contributed by atoms with Gasteiger partial charge >= 0.3 is 5.63 Å². The molecule has 0 saturated carbocycles. The first kappa shape index (κ1) is 11.8. The maximum Gasteiger partial charge on any atom is 0.339 e. The molecule has 5 nitrogen and oxygen atoms in total. The lowest BCUT2D eigenvalue weighted by Gasteiger charge is -2.08. The zero-order valence-electron chi connectivity index (χ0n) is 9.81. The van der Waals surface area contributed by atoms with Gasteiger partial charge in [-0.25, -0.2) is 4.79 Å². The molecular formula is C13H8ClNO4. The minimum absolute atomic E-state index is 0.0307. The van der Waals surface area contributed by atoms with Crippen LogP contribution >= 0.6 is 11.6 Å². The third kappa shape index (κ3) is 1.62. The molecule has 0 fully saturated rings. The van der Waals surface area contributed by atoms with Crippen molar-refractivity contribution in [3.05, 3.63) is 50.1 Å². The Bertz CT molecular complexity index is 939. The van der Waals surface area contributed by atoms with Crippen molar-refractivity contribution in [1.82, 2.24) is 4.57 Å². The highest BCUT2D eigenvalue weighted by molar-refractivity contribution is 6.31. The smallest absolute Gasteiger partial charge is 0.339 e. The first-order chi connectivity index (χ1) is 8.99. The minimum Gasteiger partial charge on any atom is -0.507 e. The van der Waals surface area contributed by atoms with Gasteiger partial charge in [-0.1, -0.05) is 11.6 Å². The Morgan fingerprint density at radius 2 is 2.00 bits per heavy atom. The van der Waals surface area contributed by atoms with Gasteiger partial charge in [-0.15, -0.1) is 0 Å². The van der Waals surface area contributed by atoms with Gasteiger partial charge in [-0.3, -0.25) is 4.79 Å². The Labute approximate surface area is 111 Å². The highest BCUT2D eigenvalue weighted by atomic mass is 35.5. The van der Waals surface area contributed by atoms with Gasteiger partial charge in [0.05, 0.1) is 11.6 Å². The number of aromatic hydroxyl groups is 1. The Morgan fingerprint density at radius 3 is 2.74 bits per heavy atom. The molecule has 0 aliphatic carbocycles. The lowest BCUT2D eigenvalue weighted by atomic mass is 10.1. The summed E-state index contributed by atoms with van der Waals surface area (Å²) in [6.45, 7) is 0. The molecule has 1 aromatic carbocycles. The summed E-state index contributed by atoms with van der Waals surface area (Å²) in [4.78, 5) is 23.5. The molecule has 0 radical (unpaired) electrons. The lowest BCUT2D eigenvalue weighted by molar-refractivity contribution is 0.467. The third-order valence-corrected chi connectivity index (χ3v) is 3.26. The zero-order chi connectivity index (χ0) is 13.7. The Morgan fingerprint density at radius 1 is 1.26 bits per heavy atom. The average Bonchev–Trinajstić information content (AvgIpc) is 2.35. The highest BCUT2D eigenvalue weighted by Crippen LogP contribution is 2.28. The lowest BCUT2D eigenvalue weighted by Crippen LogP contribution is -2.18. The summed E-state index contributed by atoms with van der Waals surface area (Å²) in [5.74, 6) is -0.395. The second-order valence-electron chi connectivity index (χ2n) is 4.18. The SMILES string of the molecule is Cn1c(=O)c2c(O)cc(=O)oc2c2cc(Cl)ccc21. The topological polar surface area (TPSA) is 72.4 Å². The van der Waals surface area contributed by atoms with Crippen LogP contribution in [0.3, 0.4) is 0 Å². The van der Waals surface area contributed by atoms with Gasteiger partial charge in [0.15, 0.2) is 5.58 Å². The monoisotopic (exact) mass is 277 g/mol. The fourth-order valence-electron chi connectivity index (χ4n) is 2.14. The van der Waals surface area contributed by atoms with E-state index in [1.165, 1.54) is 4.57 Å². The van der Waals surface area contributed by atoms with Crippen molar-refractivity contribution < 1.29 is 9.52 Å². The minimum atomic E-state index is -0.723. The fraction of sp³-hybridized carbons (Fsp3) is 0.0769. The normalized spacial score (nSPS) is 11.3. The van der Waals surface area contributed by atoms with Crippen molar-refractivity contribution in [2.24, 2.45) is 7.05 Å². The van der Waals surface area contributed by atoms with E-state index in [4.69, 9.17) is 16.0 Å². The van der Waals surface area contributed by atoms with Crippen LogP contribution < -0.4 is 11.2 Å². The standard InChI is InChI=1S/C13H8ClNO4/c1-15-8-3-2-6(14)4-7(8)12-11(13(15)18)9(16)5-10(17)19-12/h2-5,16H,1H3. The average molecular weight is 278 g/mol. The van der Waals surface area contributed by atoms with Gasteiger partial charge in [0.1, 0.15) is 11.1 Å². The number of nitrogens with zero attached hydrogens (tertiary/aromatic N) is 1. The highest BCUT2D eigenvalue weighted by Gasteiger charge is 2.15. The molecule has 3 aromatic rings. The van der Waals surface area contributed by atoms with Crippen LogP contribution in [-0.2, 0) is 7.05 Å². The second kappa shape index (κ2) is 3.86. The van der Waals surface area contributed by atoms with E-state index in [1.807, 2.05) is 0 Å². The van der Waals surface area contributed by atoms with E-state index in [0.717, 1.165) is 6.07 Å². The Hall–Kier alpha value is -2.27. The second-order valence-corrected chi connectivity index (χ2v) is 4.62. The van der Waals surface area contributed by atoms with E-state index in [2.05, 4.69) is 0 Å². The van der Waals surface area contributed by atoms with Gasteiger partial charge in [-0.05, 0) is 18.2 Å². The molecule has 0 bridgehead atoms. The number of pyridine rings is 1. The fourth-order valence-corrected chi connectivity index (χ4v) is 2.31. The molecule has 0 aliphatic rings. The summed E-state index contributed by atoms with van der Waals surface area (Å²) < 4.78 is 6.43. The summed E-state index contributed by atoms with van der Waals surface area (Å²) in [5, 5.41) is 10.7. The van der Waals surface area contributed by atoms with Crippen LogP contribution in [0.25, 0.3) is 21.9 Å². The predicted octanol–water partition coefficient (Wildman–Crippen LogP) is 2.00. The first-order valence-electron chi connectivity index (χ1n) is 5.44. The molecule has 0 spiro atoms. The van der Waals surface area contributed by atoms with Crippen LogP contribution in [0.4, 0.5) is 0 Å². The molecular weight excluding hydrogens is 270 g/mol. The number of hydrogen-bond donors (Lipinski definition) is 1. The van der Waals surface area contributed by atoms with Crippen molar-refractivity contribution >= 4 is 33.5 Å². The summed E-state index contributed by atoms with van der Waals surface area (Å²) in [7, 11) is 1.57. The molecule has 6 heteroatoms. The van der Waals surface area contributed by atoms with Gasteiger partial charge in [0.25, 0.3) is 5.56 Å². The molecule has 0 unspecified atom stereocenters. The van der Waals surface area contributed by atoms with E-state index in [-0.39, 0.29) is 11.0 Å². The molecule has 0 saturated heterocycles. The molecule has 0 aliphatic heterocycles. The van der Waals surface area contributed by atoms with Crippen molar-refractivity contribution in [3.8, 4) is 5.75 Å². The molecule has 0 amide bonds. The van der Waals surface area contributed by atoms with Crippen LogP contribution in [0, 0.1) is 0 Å². The van der Waals surface area contributed by atoms with Gasteiger partial charge < -0.3 is 14.1 Å². The van der Waals surface area contributed by atoms with E-state index in [0.29, 0.717) is 15.9 Å². The summed E-state index contributed by atoms with van der Waals surface area (Å²) in [6, 6.07) is 5.75. The number of rotatable bonds is 0. The molecule has 2 heterocycles. The van der Waals surface area contributed by atoms with Crippen molar-refractivity contribution in [2.45, 2.75) is 0 Å². The number of benzene rings is 1. The number of aryl methyl sites for hydroxylation is 1. The van der Waals surface area contributed by atoms with Crippen LogP contribution in [-0.4, -0.2) is 9.67 Å². The van der Waals surface area contributed by atoms with Crippen LogP contribution in [0.2, 0.25) is 5.02 Å². The Balaban J connectivity index is 2.77. The molecule has 3 rings (SSSR count). The number of hydrogen-bond acceptors (Lipinski definition) is 4. The van der Waals surface area contributed by atoms with Crippen LogP contribution in [0.1, 0.15) is 0 Å². The molecule has 2 aromatic heterocycles.